The van der Waals surface area contributed by atoms with Gasteiger partial charge in [0.15, 0.2) is 5.76 Å². The second kappa shape index (κ2) is 8.43. The number of hydrogen-bond donors (Lipinski definition) is 1. The molecule has 0 saturated heterocycles. The van der Waals surface area contributed by atoms with E-state index in [1.807, 2.05) is 0 Å². The molecule has 0 amide bonds. The fourth-order valence-corrected chi connectivity index (χ4v) is 2.15. The van der Waals surface area contributed by atoms with Crippen LogP contribution in [0.25, 0.3) is 0 Å². The lowest BCUT2D eigenvalue weighted by Crippen LogP contribution is -1.87. The molecule has 2 heteroatoms. The molecule has 1 aliphatic rings. The lowest BCUT2D eigenvalue weighted by molar-refractivity contribution is 0.273. The first-order valence-corrected chi connectivity index (χ1v) is 7.30. The summed E-state index contributed by atoms with van der Waals surface area (Å²) in [6, 6.07) is 0. The third kappa shape index (κ3) is 8.12. The van der Waals surface area contributed by atoms with Gasteiger partial charge in [0.2, 0.25) is 0 Å². The highest BCUT2D eigenvalue weighted by atomic mass is 16.7. The Morgan fingerprint density at radius 1 is 0.882 bits per heavy atom. The van der Waals surface area contributed by atoms with Crippen LogP contribution in [0.2, 0.25) is 0 Å². The Kier molecular flexibility index (Phi) is 7.14. The summed E-state index contributed by atoms with van der Waals surface area (Å²) in [4.78, 5) is 0. The van der Waals surface area contributed by atoms with Crippen molar-refractivity contribution < 1.29 is 9.84 Å². The SMILES string of the molecule is CC(C)CCCCCCCCCCC1=C(O)O1. The van der Waals surface area contributed by atoms with Gasteiger partial charge in [-0.05, 0) is 12.3 Å². The van der Waals surface area contributed by atoms with E-state index in [2.05, 4.69) is 13.8 Å². The summed E-state index contributed by atoms with van der Waals surface area (Å²) in [5, 5.41) is 8.85. The van der Waals surface area contributed by atoms with Crippen molar-refractivity contribution in [2.45, 2.75) is 78.1 Å². The molecule has 1 heterocycles. The van der Waals surface area contributed by atoms with Crippen LogP contribution in [0, 0.1) is 5.92 Å². The smallest absolute Gasteiger partial charge is 0.322 e. The maximum absolute atomic E-state index is 8.85. The lowest BCUT2D eigenvalue weighted by atomic mass is 10.0. The van der Waals surface area contributed by atoms with Crippen molar-refractivity contribution in [3.05, 3.63) is 11.7 Å². The van der Waals surface area contributed by atoms with E-state index in [1.165, 1.54) is 51.4 Å². The van der Waals surface area contributed by atoms with Gasteiger partial charge < -0.3 is 9.84 Å². The van der Waals surface area contributed by atoms with Gasteiger partial charge in [-0.2, -0.15) is 0 Å². The van der Waals surface area contributed by atoms with Crippen molar-refractivity contribution in [1.82, 2.24) is 0 Å². The highest BCUT2D eigenvalue weighted by Gasteiger charge is 2.22. The summed E-state index contributed by atoms with van der Waals surface area (Å²) >= 11 is 0. The predicted molar refractivity (Wildman–Crippen MR) is 71.7 cm³/mol. The second-order valence-corrected chi connectivity index (χ2v) is 5.59. The average molecular weight is 240 g/mol. The Hall–Kier alpha value is -0.660. The minimum absolute atomic E-state index is 0.176. The van der Waals surface area contributed by atoms with Gasteiger partial charge in [-0.25, -0.2) is 0 Å². The summed E-state index contributed by atoms with van der Waals surface area (Å²) in [6.45, 7) is 4.60. The molecule has 0 aromatic heterocycles. The van der Waals surface area contributed by atoms with E-state index < -0.39 is 0 Å². The molecular weight excluding hydrogens is 212 g/mol. The van der Waals surface area contributed by atoms with E-state index in [0.29, 0.717) is 0 Å². The van der Waals surface area contributed by atoms with Gasteiger partial charge in [0, 0.05) is 6.42 Å². The first-order chi connectivity index (χ1) is 8.20. The van der Waals surface area contributed by atoms with Gasteiger partial charge in [-0.15, -0.1) is 0 Å². The van der Waals surface area contributed by atoms with Gasteiger partial charge in [0.1, 0.15) is 0 Å². The monoisotopic (exact) mass is 240 g/mol. The number of unbranched alkanes of at least 4 members (excludes halogenated alkanes) is 7. The van der Waals surface area contributed by atoms with Crippen LogP contribution in [0.5, 0.6) is 0 Å². The molecule has 0 atom stereocenters. The molecule has 0 fully saturated rings. The summed E-state index contributed by atoms with van der Waals surface area (Å²) in [7, 11) is 0. The molecule has 0 aromatic rings. The molecule has 0 radical (unpaired) electrons. The minimum Gasteiger partial charge on any atom is -0.478 e. The molecule has 1 N–H and O–H groups in total. The molecular formula is C15H28O2. The quantitative estimate of drug-likeness (QED) is 0.497. The van der Waals surface area contributed by atoms with Crippen LogP contribution in [0.4, 0.5) is 0 Å². The Morgan fingerprint density at radius 3 is 1.82 bits per heavy atom. The molecule has 1 aliphatic heterocycles. The summed E-state index contributed by atoms with van der Waals surface area (Å²) in [6.07, 6.45) is 13.1. The molecule has 0 saturated carbocycles. The first-order valence-electron chi connectivity index (χ1n) is 7.30. The second-order valence-electron chi connectivity index (χ2n) is 5.59. The van der Waals surface area contributed by atoms with E-state index in [-0.39, 0.29) is 5.95 Å². The molecule has 0 aromatic carbocycles. The maximum atomic E-state index is 8.85. The fourth-order valence-electron chi connectivity index (χ4n) is 2.15. The highest BCUT2D eigenvalue weighted by molar-refractivity contribution is 5.08. The van der Waals surface area contributed by atoms with E-state index in [9.17, 15) is 0 Å². The molecule has 0 bridgehead atoms. The van der Waals surface area contributed by atoms with Crippen molar-refractivity contribution in [2.24, 2.45) is 5.92 Å². The zero-order valence-electron chi connectivity index (χ0n) is 11.5. The van der Waals surface area contributed by atoms with Gasteiger partial charge in [-0.1, -0.05) is 65.2 Å². The van der Waals surface area contributed by atoms with Crippen LogP contribution in [-0.4, -0.2) is 5.11 Å². The largest absolute Gasteiger partial charge is 0.478 e. The van der Waals surface area contributed by atoms with Crippen molar-refractivity contribution in [1.29, 1.82) is 0 Å². The molecule has 0 spiro atoms. The van der Waals surface area contributed by atoms with Crippen molar-refractivity contribution in [2.75, 3.05) is 0 Å². The molecule has 100 valence electrons. The molecule has 17 heavy (non-hydrogen) atoms. The summed E-state index contributed by atoms with van der Waals surface area (Å²) in [5.41, 5.74) is 0. The van der Waals surface area contributed by atoms with E-state index in [1.54, 1.807) is 0 Å². The van der Waals surface area contributed by atoms with Crippen LogP contribution < -0.4 is 0 Å². The van der Waals surface area contributed by atoms with Gasteiger partial charge >= 0.3 is 5.95 Å². The minimum atomic E-state index is 0.176. The number of allylic oxidation sites excluding steroid dienone is 1. The summed E-state index contributed by atoms with van der Waals surface area (Å²) in [5.74, 6) is 1.86. The van der Waals surface area contributed by atoms with Gasteiger partial charge in [-0.3, -0.25) is 0 Å². The van der Waals surface area contributed by atoms with Crippen molar-refractivity contribution in [3.63, 3.8) is 0 Å². The summed E-state index contributed by atoms with van der Waals surface area (Å²) < 4.78 is 4.80. The number of hydrogen-bond acceptors (Lipinski definition) is 2. The standard InChI is InChI=1S/C15H28O2/c1-13(2)11-9-7-5-3-4-6-8-10-12-14-15(16)17-14/h13,16H,3-12H2,1-2H3. The Labute approximate surface area is 106 Å². The zero-order chi connectivity index (χ0) is 12.5. The number of aliphatic hydroxyl groups is 1. The van der Waals surface area contributed by atoms with Crippen molar-refractivity contribution >= 4 is 0 Å². The van der Waals surface area contributed by atoms with Gasteiger partial charge in [0.05, 0.1) is 0 Å². The Bertz CT molecular complexity index is 231. The van der Waals surface area contributed by atoms with E-state index >= 15 is 0 Å². The number of aliphatic hydroxyl groups excluding tert-OH is 1. The Morgan fingerprint density at radius 2 is 1.35 bits per heavy atom. The number of rotatable bonds is 11. The van der Waals surface area contributed by atoms with Crippen LogP contribution >= 0.6 is 0 Å². The molecule has 0 unspecified atom stereocenters. The van der Waals surface area contributed by atoms with Crippen LogP contribution in [-0.2, 0) is 4.74 Å². The van der Waals surface area contributed by atoms with Crippen LogP contribution in [0.15, 0.2) is 11.7 Å². The first kappa shape index (κ1) is 14.4. The number of ether oxygens (including phenoxy) is 1. The van der Waals surface area contributed by atoms with Crippen LogP contribution in [0.1, 0.15) is 78.1 Å². The Balaban J connectivity index is 1.70. The fraction of sp³-hybridized carbons (Fsp3) is 0.867. The third-order valence-electron chi connectivity index (χ3n) is 3.35. The third-order valence-corrected chi connectivity index (χ3v) is 3.35. The topological polar surface area (TPSA) is 32.8 Å². The van der Waals surface area contributed by atoms with E-state index in [4.69, 9.17) is 9.84 Å². The molecule has 1 rings (SSSR count). The normalized spacial score (nSPS) is 14.3. The molecule has 2 nitrogen and oxygen atoms in total. The highest BCUT2D eigenvalue weighted by Crippen LogP contribution is 2.28. The van der Waals surface area contributed by atoms with Gasteiger partial charge in [0.25, 0.3) is 0 Å². The van der Waals surface area contributed by atoms with E-state index in [0.717, 1.165) is 24.5 Å². The zero-order valence-corrected chi connectivity index (χ0v) is 11.5. The van der Waals surface area contributed by atoms with Crippen LogP contribution in [0.3, 0.4) is 0 Å². The lowest BCUT2D eigenvalue weighted by Gasteiger charge is -2.04. The molecule has 0 aliphatic carbocycles. The maximum Gasteiger partial charge on any atom is 0.322 e. The predicted octanol–water partition coefficient (Wildman–Crippen LogP) is 5.30. The van der Waals surface area contributed by atoms with Crippen molar-refractivity contribution in [3.8, 4) is 0 Å². The average Bonchev–Trinajstić information content (AvgIpc) is 2.97.